The number of hydrogen-bond donors (Lipinski definition) is 2. The number of hydroxylamine groups is 1. The molecule has 0 aliphatic rings. The standard InChI is InChI=1S/C12H27NO4/c1-10(2)8-17-13-7-12(14)9-15-5-6-16-11(3)4/h10-14H,5-9H2,1-4H3. The van der Waals surface area contributed by atoms with Crippen LogP contribution in [0.3, 0.4) is 0 Å². The van der Waals surface area contributed by atoms with Crippen LogP contribution in [0.4, 0.5) is 0 Å². The fourth-order valence-electron chi connectivity index (χ4n) is 1.00. The van der Waals surface area contributed by atoms with Crippen molar-refractivity contribution in [2.75, 3.05) is 33.0 Å². The molecule has 0 amide bonds. The molecule has 0 aromatic heterocycles. The van der Waals surface area contributed by atoms with Crippen molar-refractivity contribution >= 4 is 0 Å². The summed E-state index contributed by atoms with van der Waals surface area (Å²) >= 11 is 0. The summed E-state index contributed by atoms with van der Waals surface area (Å²) in [6.45, 7) is 10.4. The Balaban J connectivity index is 3.20. The highest BCUT2D eigenvalue weighted by Gasteiger charge is 2.04. The van der Waals surface area contributed by atoms with Gasteiger partial charge in [-0.15, -0.1) is 0 Å². The molecular weight excluding hydrogens is 222 g/mol. The number of nitrogens with one attached hydrogen (secondary N) is 1. The fraction of sp³-hybridized carbons (Fsp3) is 1.00. The summed E-state index contributed by atoms with van der Waals surface area (Å²) in [4.78, 5) is 5.13. The van der Waals surface area contributed by atoms with Crippen molar-refractivity contribution < 1.29 is 19.4 Å². The summed E-state index contributed by atoms with van der Waals surface area (Å²) in [6.07, 6.45) is -0.337. The van der Waals surface area contributed by atoms with Gasteiger partial charge in [0.1, 0.15) is 0 Å². The van der Waals surface area contributed by atoms with Gasteiger partial charge in [0, 0.05) is 6.54 Å². The molecular formula is C12H27NO4. The minimum Gasteiger partial charge on any atom is -0.389 e. The Morgan fingerprint density at radius 2 is 1.76 bits per heavy atom. The first-order valence-corrected chi connectivity index (χ1v) is 6.24. The molecule has 0 aromatic rings. The third-order valence-electron chi connectivity index (χ3n) is 1.83. The van der Waals surface area contributed by atoms with E-state index in [0.717, 1.165) is 0 Å². The second-order valence-electron chi connectivity index (χ2n) is 4.70. The van der Waals surface area contributed by atoms with Gasteiger partial charge in [0.05, 0.1) is 38.6 Å². The lowest BCUT2D eigenvalue weighted by molar-refractivity contribution is -0.0358. The van der Waals surface area contributed by atoms with E-state index in [1.54, 1.807) is 0 Å². The average Bonchev–Trinajstić information content (AvgIpc) is 2.23. The second-order valence-corrected chi connectivity index (χ2v) is 4.70. The zero-order valence-electron chi connectivity index (χ0n) is 11.4. The molecule has 0 saturated heterocycles. The van der Waals surface area contributed by atoms with Crippen LogP contribution in [0.1, 0.15) is 27.7 Å². The Bertz CT molecular complexity index is 165. The predicted octanol–water partition coefficient (Wildman–Crippen LogP) is 0.966. The van der Waals surface area contributed by atoms with Crippen LogP contribution in [-0.4, -0.2) is 50.3 Å². The largest absolute Gasteiger partial charge is 0.389 e. The molecule has 0 aromatic carbocycles. The van der Waals surface area contributed by atoms with Gasteiger partial charge in [0.2, 0.25) is 0 Å². The van der Waals surface area contributed by atoms with Gasteiger partial charge in [-0.3, -0.25) is 0 Å². The molecule has 0 aliphatic heterocycles. The Kier molecular flexibility index (Phi) is 10.8. The third kappa shape index (κ3) is 13.7. The number of rotatable bonds is 11. The summed E-state index contributed by atoms with van der Waals surface area (Å²) in [6, 6.07) is 0. The van der Waals surface area contributed by atoms with Crippen molar-refractivity contribution in [2.24, 2.45) is 5.92 Å². The Labute approximate surface area is 104 Å². The fourth-order valence-corrected chi connectivity index (χ4v) is 1.00. The summed E-state index contributed by atoms with van der Waals surface area (Å²) in [5, 5.41) is 9.51. The quantitative estimate of drug-likeness (QED) is 0.422. The Morgan fingerprint density at radius 1 is 1.06 bits per heavy atom. The van der Waals surface area contributed by atoms with Crippen molar-refractivity contribution in [3.63, 3.8) is 0 Å². The van der Waals surface area contributed by atoms with Crippen LogP contribution >= 0.6 is 0 Å². The van der Waals surface area contributed by atoms with E-state index in [1.807, 2.05) is 13.8 Å². The van der Waals surface area contributed by atoms with Crippen molar-refractivity contribution in [1.82, 2.24) is 5.48 Å². The topological polar surface area (TPSA) is 60.0 Å². The van der Waals surface area contributed by atoms with Gasteiger partial charge in [0.25, 0.3) is 0 Å². The van der Waals surface area contributed by atoms with Crippen LogP contribution in [-0.2, 0) is 14.3 Å². The van der Waals surface area contributed by atoms with E-state index in [1.165, 1.54) is 0 Å². The lowest BCUT2D eigenvalue weighted by Gasteiger charge is -2.13. The van der Waals surface area contributed by atoms with Crippen LogP contribution in [0.5, 0.6) is 0 Å². The third-order valence-corrected chi connectivity index (χ3v) is 1.83. The second kappa shape index (κ2) is 10.9. The van der Waals surface area contributed by atoms with Gasteiger partial charge in [-0.1, -0.05) is 13.8 Å². The molecule has 0 bridgehead atoms. The molecule has 0 rings (SSSR count). The first kappa shape index (κ1) is 16.8. The number of aliphatic hydroxyl groups is 1. The smallest absolute Gasteiger partial charge is 0.0920 e. The average molecular weight is 249 g/mol. The van der Waals surface area contributed by atoms with Gasteiger partial charge in [-0.05, 0) is 19.8 Å². The normalized spacial score (nSPS) is 13.6. The zero-order chi connectivity index (χ0) is 13.1. The molecule has 17 heavy (non-hydrogen) atoms. The molecule has 0 heterocycles. The van der Waals surface area contributed by atoms with E-state index >= 15 is 0 Å². The molecule has 1 atom stereocenters. The molecule has 0 fully saturated rings. The molecule has 1 unspecified atom stereocenters. The van der Waals surface area contributed by atoms with Crippen LogP contribution in [0.25, 0.3) is 0 Å². The molecule has 2 N–H and O–H groups in total. The Hall–Kier alpha value is -0.200. The monoisotopic (exact) mass is 249 g/mol. The van der Waals surface area contributed by atoms with Crippen molar-refractivity contribution in [1.29, 1.82) is 0 Å². The number of hydrogen-bond acceptors (Lipinski definition) is 5. The predicted molar refractivity (Wildman–Crippen MR) is 66.7 cm³/mol. The van der Waals surface area contributed by atoms with Gasteiger partial charge in [-0.25, -0.2) is 0 Å². The highest BCUT2D eigenvalue weighted by atomic mass is 16.6. The molecule has 0 radical (unpaired) electrons. The molecule has 0 spiro atoms. The molecule has 5 nitrogen and oxygen atoms in total. The highest BCUT2D eigenvalue weighted by Crippen LogP contribution is 1.91. The maximum absolute atomic E-state index is 9.51. The van der Waals surface area contributed by atoms with Crippen molar-refractivity contribution in [3.8, 4) is 0 Å². The van der Waals surface area contributed by atoms with E-state index < -0.39 is 6.10 Å². The van der Waals surface area contributed by atoms with E-state index in [0.29, 0.717) is 38.9 Å². The first-order valence-electron chi connectivity index (χ1n) is 6.24. The zero-order valence-corrected chi connectivity index (χ0v) is 11.4. The summed E-state index contributed by atoms with van der Waals surface area (Å²) in [5.41, 5.74) is 2.71. The van der Waals surface area contributed by atoms with Gasteiger partial charge >= 0.3 is 0 Å². The van der Waals surface area contributed by atoms with E-state index in [9.17, 15) is 5.11 Å². The van der Waals surface area contributed by atoms with Gasteiger partial charge < -0.3 is 19.4 Å². The minimum absolute atomic E-state index is 0.217. The summed E-state index contributed by atoms with van der Waals surface area (Å²) in [5.74, 6) is 0.476. The highest BCUT2D eigenvalue weighted by molar-refractivity contribution is 4.54. The molecule has 0 saturated carbocycles. The summed E-state index contributed by atoms with van der Waals surface area (Å²) in [7, 11) is 0. The van der Waals surface area contributed by atoms with Crippen LogP contribution in [0, 0.1) is 5.92 Å². The lowest BCUT2D eigenvalue weighted by atomic mass is 10.2. The number of ether oxygens (including phenoxy) is 2. The van der Waals surface area contributed by atoms with Gasteiger partial charge in [0.15, 0.2) is 0 Å². The number of aliphatic hydroxyl groups excluding tert-OH is 1. The maximum Gasteiger partial charge on any atom is 0.0920 e. The van der Waals surface area contributed by atoms with Crippen LogP contribution < -0.4 is 5.48 Å². The minimum atomic E-state index is -0.554. The molecule has 0 aliphatic carbocycles. The Morgan fingerprint density at radius 3 is 2.35 bits per heavy atom. The van der Waals surface area contributed by atoms with E-state index in [2.05, 4.69) is 19.3 Å². The molecule has 5 heteroatoms. The molecule has 104 valence electrons. The van der Waals surface area contributed by atoms with E-state index in [4.69, 9.17) is 14.3 Å². The SMILES string of the molecule is CC(C)CONCC(O)COCCOC(C)C. The van der Waals surface area contributed by atoms with Crippen LogP contribution in [0.2, 0.25) is 0 Å². The van der Waals surface area contributed by atoms with E-state index in [-0.39, 0.29) is 6.10 Å². The van der Waals surface area contributed by atoms with Crippen molar-refractivity contribution in [3.05, 3.63) is 0 Å². The summed E-state index contributed by atoms with van der Waals surface area (Å²) < 4.78 is 10.6. The maximum atomic E-state index is 9.51. The lowest BCUT2D eigenvalue weighted by Crippen LogP contribution is -2.31. The van der Waals surface area contributed by atoms with Crippen molar-refractivity contribution in [2.45, 2.75) is 39.9 Å². The van der Waals surface area contributed by atoms with Gasteiger partial charge in [-0.2, -0.15) is 5.48 Å². The first-order chi connectivity index (χ1) is 8.02. The van der Waals surface area contributed by atoms with Crippen LogP contribution in [0.15, 0.2) is 0 Å².